The average molecular weight is 980 g/mol. The Labute approximate surface area is 449 Å². The zero-order valence-corrected chi connectivity index (χ0v) is 42.1. The predicted octanol–water partition coefficient (Wildman–Crippen LogP) is 19.1. The third kappa shape index (κ3) is 5.91. The van der Waals surface area contributed by atoms with Crippen LogP contribution in [0.1, 0.15) is 44.5 Å². The van der Waals surface area contributed by atoms with Crippen LogP contribution in [0.25, 0.3) is 33.4 Å². The van der Waals surface area contributed by atoms with Gasteiger partial charge in [0.2, 0.25) is 0 Å². The van der Waals surface area contributed by atoms with Gasteiger partial charge in [-0.05, 0) is 140 Å². The lowest BCUT2D eigenvalue weighted by Crippen LogP contribution is -2.36. The summed E-state index contributed by atoms with van der Waals surface area (Å²) in [6, 6.07) is 111. The number of nitrogens with zero attached hydrogens (tertiary/aromatic N) is 3. The van der Waals surface area contributed by atoms with E-state index in [1.165, 1.54) is 89.5 Å². The summed E-state index contributed by atoms with van der Waals surface area (Å²) < 4.78 is 0. The van der Waals surface area contributed by atoms with Crippen LogP contribution in [0.15, 0.2) is 297 Å². The van der Waals surface area contributed by atoms with Gasteiger partial charge in [0.05, 0.1) is 45.0 Å². The van der Waals surface area contributed by atoms with E-state index in [2.05, 4.69) is 312 Å². The van der Waals surface area contributed by atoms with Crippen molar-refractivity contribution in [3.8, 4) is 33.4 Å². The Morgan fingerprint density at radius 2 is 0.623 bits per heavy atom. The van der Waals surface area contributed by atoms with E-state index in [-0.39, 0.29) is 0 Å². The Bertz CT molecular complexity index is 4220. The van der Waals surface area contributed by atoms with Gasteiger partial charge in [-0.3, -0.25) is 0 Å². The zero-order valence-electron chi connectivity index (χ0n) is 42.1. The molecule has 0 saturated heterocycles. The van der Waals surface area contributed by atoms with Crippen LogP contribution in [0.4, 0.5) is 51.2 Å². The molecule has 2 heterocycles. The maximum absolute atomic E-state index is 2.59. The first kappa shape index (κ1) is 43.4. The molecule has 12 aromatic rings. The highest BCUT2D eigenvalue weighted by Gasteiger charge is 2.54. The second kappa shape index (κ2) is 16.8. The number of benzene rings is 12. The summed E-state index contributed by atoms with van der Waals surface area (Å²) in [6.45, 7) is 0. The minimum atomic E-state index is -0.638. The molecule has 0 unspecified atom stereocenters. The Balaban J connectivity index is 0.996. The summed E-state index contributed by atoms with van der Waals surface area (Å²) in [5, 5.41) is 0. The Morgan fingerprint density at radius 1 is 0.247 bits per heavy atom. The molecule has 0 fully saturated rings. The molecule has 2 aliphatic carbocycles. The van der Waals surface area contributed by atoms with Crippen LogP contribution >= 0.6 is 0 Å². The highest BCUT2D eigenvalue weighted by atomic mass is 15.2. The van der Waals surface area contributed by atoms with Gasteiger partial charge < -0.3 is 14.7 Å². The van der Waals surface area contributed by atoms with Crippen LogP contribution in [0.3, 0.4) is 0 Å². The minimum absolute atomic E-state index is 0.630. The summed E-state index contributed by atoms with van der Waals surface area (Å²) >= 11 is 0. The number of rotatable bonds is 6. The number of fused-ring (bicyclic) bond motifs is 18. The van der Waals surface area contributed by atoms with E-state index in [0.717, 1.165) is 39.6 Å². The molecule has 2 spiro atoms. The number of para-hydroxylation sites is 7. The van der Waals surface area contributed by atoms with E-state index in [4.69, 9.17) is 0 Å². The third-order valence-corrected chi connectivity index (χ3v) is 17.0. The number of hydrogen-bond acceptors (Lipinski definition) is 3. The van der Waals surface area contributed by atoms with Crippen LogP contribution < -0.4 is 14.7 Å². The van der Waals surface area contributed by atoms with E-state index in [1.54, 1.807) is 0 Å². The molecule has 2 aliphatic heterocycles. The highest BCUT2D eigenvalue weighted by Crippen LogP contribution is 2.67. The molecule has 0 saturated carbocycles. The molecule has 3 heteroatoms. The first-order valence-electron chi connectivity index (χ1n) is 26.8. The lowest BCUT2D eigenvalue weighted by atomic mass is 9.64. The minimum Gasteiger partial charge on any atom is -0.310 e. The van der Waals surface area contributed by atoms with Gasteiger partial charge in [0.25, 0.3) is 0 Å². The largest absolute Gasteiger partial charge is 0.310 e. The standard InChI is InChI=1S/C74H49N3/c1-4-25-50(26-5-1)54-31-12-19-41-66(54)77(53-47-48-56-55-32-10-13-34-58(55)74(65(56)49-53)62-38-17-22-44-69(62)76(52-29-8-3-9-30-52)70-45-23-18-39-63(70)74)71-46-24-40-64-72(71)57-33-11-14-35-59(57)73(64)60-36-15-20-42-67(60)75(51-27-6-2-7-28-51)68-43-21-16-37-61(68)73/h1-49H. The van der Waals surface area contributed by atoms with E-state index < -0.39 is 10.8 Å². The summed E-state index contributed by atoms with van der Waals surface area (Å²) in [7, 11) is 0. The van der Waals surface area contributed by atoms with Gasteiger partial charge >= 0.3 is 0 Å². The van der Waals surface area contributed by atoms with Gasteiger partial charge in [-0.15, -0.1) is 0 Å². The van der Waals surface area contributed by atoms with Crippen LogP contribution in [0, 0.1) is 0 Å². The molecule has 0 aromatic heterocycles. The maximum atomic E-state index is 2.59. The molecule has 4 aliphatic rings. The fraction of sp³-hybridized carbons (Fsp3) is 0.0270. The van der Waals surface area contributed by atoms with Crippen molar-refractivity contribution in [1.82, 2.24) is 0 Å². The van der Waals surface area contributed by atoms with Crippen molar-refractivity contribution in [1.29, 1.82) is 0 Å². The first-order chi connectivity index (χ1) is 38.3. The predicted molar refractivity (Wildman–Crippen MR) is 318 cm³/mol. The smallest absolute Gasteiger partial charge is 0.0755 e. The summed E-state index contributed by atoms with van der Waals surface area (Å²) in [6.07, 6.45) is 0. The highest BCUT2D eigenvalue weighted by molar-refractivity contribution is 6.04. The van der Waals surface area contributed by atoms with Gasteiger partial charge in [-0.2, -0.15) is 0 Å². The van der Waals surface area contributed by atoms with Crippen molar-refractivity contribution in [3.05, 3.63) is 342 Å². The van der Waals surface area contributed by atoms with E-state index >= 15 is 0 Å². The zero-order chi connectivity index (χ0) is 50.7. The SMILES string of the molecule is c1ccc(-c2ccccc2N(c2ccc3c(c2)C2(c4ccccc4-3)c3ccccc3N(c3ccccc3)c3ccccc32)c2cccc3c2-c2ccccc2C32c3ccccc3N(c3ccccc3)c3ccccc32)cc1. The number of anilines is 9. The molecule has 0 amide bonds. The molecule has 16 rings (SSSR count). The molecule has 0 bridgehead atoms. The summed E-state index contributed by atoms with van der Waals surface area (Å²) in [5.41, 5.74) is 26.5. The number of hydrogen-bond donors (Lipinski definition) is 0. The summed E-state index contributed by atoms with van der Waals surface area (Å²) in [4.78, 5) is 7.51. The monoisotopic (exact) mass is 979 g/mol. The molecular formula is C74H49N3. The molecular weight excluding hydrogens is 931 g/mol. The second-order valence-corrected chi connectivity index (χ2v) is 20.6. The van der Waals surface area contributed by atoms with Crippen molar-refractivity contribution in [2.75, 3.05) is 14.7 Å². The normalized spacial score (nSPS) is 14.1. The maximum Gasteiger partial charge on any atom is 0.0755 e. The van der Waals surface area contributed by atoms with E-state index in [9.17, 15) is 0 Å². The fourth-order valence-electron chi connectivity index (χ4n) is 14.2. The lowest BCUT2D eigenvalue weighted by molar-refractivity contribution is 0.752. The van der Waals surface area contributed by atoms with Gasteiger partial charge in [0.1, 0.15) is 0 Å². The van der Waals surface area contributed by atoms with E-state index in [1.807, 2.05) is 0 Å². The van der Waals surface area contributed by atoms with Crippen molar-refractivity contribution in [2.45, 2.75) is 10.8 Å². The first-order valence-corrected chi connectivity index (χ1v) is 26.8. The molecule has 77 heavy (non-hydrogen) atoms. The van der Waals surface area contributed by atoms with Crippen molar-refractivity contribution in [2.24, 2.45) is 0 Å². The molecule has 360 valence electrons. The second-order valence-electron chi connectivity index (χ2n) is 20.6. The van der Waals surface area contributed by atoms with Crippen molar-refractivity contribution < 1.29 is 0 Å². The Hall–Kier alpha value is -9.96. The van der Waals surface area contributed by atoms with Gasteiger partial charge in [-0.1, -0.05) is 224 Å². The quantitative estimate of drug-likeness (QED) is 0.164. The third-order valence-electron chi connectivity index (χ3n) is 17.0. The lowest BCUT2D eigenvalue weighted by Gasteiger charge is -2.45. The van der Waals surface area contributed by atoms with Gasteiger partial charge in [0.15, 0.2) is 0 Å². The van der Waals surface area contributed by atoms with Crippen molar-refractivity contribution >= 4 is 51.2 Å². The fourth-order valence-corrected chi connectivity index (χ4v) is 14.2. The van der Waals surface area contributed by atoms with E-state index in [0.29, 0.717) is 0 Å². The van der Waals surface area contributed by atoms with Crippen LogP contribution in [0.5, 0.6) is 0 Å². The van der Waals surface area contributed by atoms with Gasteiger partial charge in [-0.25, -0.2) is 0 Å². The topological polar surface area (TPSA) is 9.72 Å². The van der Waals surface area contributed by atoms with Crippen LogP contribution in [-0.2, 0) is 10.8 Å². The molecule has 0 atom stereocenters. The molecule has 3 nitrogen and oxygen atoms in total. The van der Waals surface area contributed by atoms with Gasteiger partial charge in [0, 0.05) is 28.2 Å². The van der Waals surface area contributed by atoms with Crippen LogP contribution in [0.2, 0.25) is 0 Å². The molecule has 0 radical (unpaired) electrons. The average Bonchev–Trinajstić information content (AvgIpc) is 3.99. The Morgan fingerprint density at radius 3 is 1.17 bits per heavy atom. The summed E-state index contributed by atoms with van der Waals surface area (Å²) in [5.74, 6) is 0. The van der Waals surface area contributed by atoms with Crippen LogP contribution in [-0.4, -0.2) is 0 Å². The molecule has 12 aromatic carbocycles. The van der Waals surface area contributed by atoms with Crippen molar-refractivity contribution in [3.63, 3.8) is 0 Å². The molecule has 0 N–H and O–H groups in total. The Kier molecular flexibility index (Phi) is 9.47.